The zero-order valence-corrected chi connectivity index (χ0v) is 12.3. The third kappa shape index (κ3) is 4.21. The smallest absolute Gasteiger partial charge is 0.317 e. The van der Waals surface area contributed by atoms with Crippen LogP contribution < -0.4 is 5.32 Å². The molecule has 0 bridgehead atoms. The molecule has 2 N–H and O–H groups in total. The number of aliphatic carboxylic acids is 1. The summed E-state index contributed by atoms with van der Waals surface area (Å²) in [5, 5.41) is 12.0. The van der Waals surface area contributed by atoms with E-state index in [-0.39, 0.29) is 12.5 Å². The van der Waals surface area contributed by atoms with Crippen molar-refractivity contribution in [3.63, 3.8) is 0 Å². The zero-order valence-electron chi connectivity index (χ0n) is 12.3. The lowest BCUT2D eigenvalue weighted by atomic mass is 9.93. The first-order chi connectivity index (χ1) is 10.0. The molecule has 0 aromatic heterocycles. The highest BCUT2D eigenvalue weighted by atomic mass is 16.4. The Morgan fingerprint density at radius 3 is 2.43 bits per heavy atom. The number of benzene rings is 1. The quantitative estimate of drug-likeness (QED) is 0.875. The van der Waals surface area contributed by atoms with E-state index < -0.39 is 11.5 Å². The van der Waals surface area contributed by atoms with Gasteiger partial charge in [-0.2, -0.15) is 0 Å². The molecule has 1 aliphatic rings. The van der Waals surface area contributed by atoms with E-state index in [0.29, 0.717) is 6.54 Å². The minimum absolute atomic E-state index is 0.00207. The third-order valence-corrected chi connectivity index (χ3v) is 4.03. The van der Waals surface area contributed by atoms with Crippen molar-refractivity contribution in [1.82, 2.24) is 10.2 Å². The molecule has 0 unspecified atom stereocenters. The van der Waals surface area contributed by atoms with Crippen LogP contribution >= 0.6 is 0 Å². The fraction of sp³-hybridized carbons (Fsp3) is 0.500. The fourth-order valence-corrected chi connectivity index (χ4v) is 2.94. The van der Waals surface area contributed by atoms with Crippen molar-refractivity contribution >= 4 is 12.0 Å². The molecule has 1 fully saturated rings. The maximum Gasteiger partial charge on any atom is 0.317 e. The summed E-state index contributed by atoms with van der Waals surface area (Å²) in [7, 11) is 1.73. The molecule has 0 spiro atoms. The van der Waals surface area contributed by atoms with Gasteiger partial charge in [-0.05, 0) is 18.4 Å². The van der Waals surface area contributed by atoms with E-state index in [4.69, 9.17) is 5.11 Å². The number of nitrogens with zero attached hydrogens (tertiary/aromatic N) is 1. The van der Waals surface area contributed by atoms with E-state index in [1.54, 1.807) is 11.9 Å². The van der Waals surface area contributed by atoms with E-state index in [9.17, 15) is 9.59 Å². The van der Waals surface area contributed by atoms with E-state index in [2.05, 4.69) is 5.32 Å². The van der Waals surface area contributed by atoms with Gasteiger partial charge in [0.25, 0.3) is 0 Å². The Hall–Kier alpha value is -2.04. The van der Waals surface area contributed by atoms with Crippen LogP contribution in [0, 0.1) is 0 Å². The highest BCUT2D eigenvalue weighted by Gasteiger charge is 2.38. The Morgan fingerprint density at radius 1 is 1.24 bits per heavy atom. The second-order valence-electron chi connectivity index (χ2n) is 5.83. The molecule has 1 saturated carbocycles. The summed E-state index contributed by atoms with van der Waals surface area (Å²) in [5.41, 5.74) is 0.474. The lowest BCUT2D eigenvalue weighted by Gasteiger charge is -2.31. The average molecular weight is 290 g/mol. The molecule has 1 aromatic rings. The largest absolute Gasteiger partial charge is 0.481 e. The summed E-state index contributed by atoms with van der Waals surface area (Å²) in [4.78, 5) is 24.9. The predicted molar refractivity (Wildman–Crippen MR) is 79.9 cm³/mol. The first-order valence-electron chi connectivity index (χ1n) is 7.30. The van der Waals surface area contributed by atoms with Crippen LogP contribution in [0.1, 0.15) is 37.7 Å². The number of carboxylic acid groups (broad SMARTS) is 1. The normalized spacial score (nSPS) is 16.4. The molecular formula is C16H22N2O3. The first kappa shape index (κ1) is 15.4. The van der Waals surface area contributed by atoms with Gasteiger partial charge in [0, 0.05) is 13.6 Å². The second-order valence-corrected chi connectivity index (χ2v) is 5.83. The predicted octanol–water partition coefficient (Wildman–Crippen LogP) is 2.62. The Morgan fingerprint density at radius 2 is 1.86 bits per heavy atom. The molecule has 0 aliphatic heterocycles. The van der Waals surface area contributed by atoms with Gasteiger partial charge in [-0.3, -0.25) is 4.79 Å². The van der Waals surface area contributed by atoms with Crippen molar-refractivity contribution in [2.75, 3.05) is 7.05 Å². The molecule has 1 aliphatic carbocycles. The van der Waals surface area contributed by atoms with Crippen molar-refractivity contribution in [2.45, 2.75) is 44.2 Å². The Kier molecular flexibility index (Phi) is 4.83. The lowest BCUT2D eigenvalue weighted by Crippen LogP contribution is -2.51. The van der Waals surface area contributed by atoms with Gasteiger partial charge in [-0.15, -0.1) is 0 Å². The first-order valence-corrected chi connectivity index (χ1v) is 7.30. The molecule has 5 nitrogen and oxygen atoms in total. The van der Waals surface area contributed by atoms with Gasteiger partial charge < -0.3 is 15.3 Å². The van der Waals surface area contributed by atoms with Crippen LogP contribution in [0.15, 0.2) is 30.3 Å². The van der Waals surface area contributed by atoms with Crippen LogP contribution in [0.3, 0.4) is 0 Å². The van der Waals surface area contributed by atoms with E-state index in [1.807, 2.05) is 30.3 Å². The standard InChI is InChI=1S/C16H22N2O3/c1-18(12-13-7-3-2-4-8-13)15(21)17-16(11-14(19)20)9-5-6-10-16/h2-4,7-8H,5-6,9-12H2,1H3,(H,17,21)(H,19,20). The maximum absolute atomic E-state index is 12.3. The van der Waals surface area contributed by atoms with Crippen LogP contribution in [-0.4, -0.2) is 34.6 Å². The number of carboxylic acids is 1. The molecular weight excluding hydrogens is 268 g/mol. The van der Waals surface area contributed by atoms with Crippen LogP contribution in [-0.2, 0) is 11.3 Å². The number of hydrogen-bond donors (Lipinski definition) is 2. The minimum atomic E-state index is -0.858. The second kappa shape index (κ2) is 6.61. The van der Waals surface area contributed by atoms with E-state index in [0.717, 1.165) is 31.2 Å². The molecule has 1 aromatic carbocycles. The van der Waals surface area contributed by atoms with Crippen molar-refractivity contribution in [1.29, 1.82) is 0 Å². The summed E-state index contributed by atoms with van der Waals surface area (Å²) in [6.07, 6.45) is 3.41. The van der Waals surface area contributed by atoms with Gasteiger partial charge in [-0.25, -0.2) is 4.79 Å². The summed E-state index contributed by atoms with van der Waals surface area (Å²) in [6, 6.07) is 9.53. The fourth-order valence-electron chi connectivity index (χ4n) is 2.94. The maximum atomic E-state index is 12.3. The molecule has 2 rings (SSSR count). The molecule has 0 saturated heterocycles. The average Bonchev–Trinajstić information content (AvgIpc) is 2.87. The highest BCUT2D eigenvalue weighted by Crippen LogP contribution is 2.32. The Bertz CT molecular complexity index is 496. The van der Waals surface area contributed by atoms with Crippen molar-refractivity contribution in [3.8, 4) is 0 Å². The number of urea groups is 1. The number of carbonyl (C=O) groups excluding carboxylic acids is 1. The Balaban J connectivity index is 1.97. The molecule has 0 heterocycles. The van der Waals surface area contributed by atoms with E-state index in [1.165, 1.54) is 0 Å². The summed E-state index contributed by atoms with van der Waals surface area (Å²) in [5.74, 6) is -0.858. The van der Waals surface area contributed by atoms with Crippen LogP contribution in [0.4, 0.5) is 4.79 Å². The molecule has 21 heavy (non-hydrogen) atoms. The van der Waals surface area contributed by atoms with E-state index >= 15 is 0 Å². The van der Waals surface area contributed by atoms with Gasteiger partial charge in [0.05, 0.1) is 12.0 Å². The number of amides is 2. The third-order valence-electron chi connectivity index (χ3n) is 4.03. The minimum Gasteiger partial charge on any atom is -0.481 e. The molecule has 0 atom stereocenters. The summed E-state index contributed by atoms with van der Waals surface area (Å²) < 4.78 is 0. The van der Waals surface area contributed by atoms with Crippen molar-refractivity contribution < 1.29 is 14.7 Å². The number of carbonyl (C=O) groups is 2. The van der Waals surface area contributed by atoms with Gasteiger partial charge >= 0.3 is 12.0 Å². The molecule has 5 heteroatoms. The van der Waals surface area contributed by atoms with Crippen molar-refractivity contribution in [3.05, 3.63) is 35.9 Å². The molecule has 2 amide bonds. The van der Waals surface area contributed by atoms with Gasteiger partial charge in [0.2, 0.25) is 0 Å². The zero-order chi connectivity index (χ0) is 15.3. The summed E-state index contributed by atoms with van der Waals surface area (Å²) in [6.45, 7) is 0.510. The van der Waals surface area contributed by atoms with Crippen LogP contribution in [0.5, 0.6) is 0 Å². The van der Waals surface area contributed by atoms with Crippen LogP contribution in [0.2, 0.25) is 0 Å². The van der Waals surface area contributed by atoms with Crippen LogP contribution in [0.25, 0.3) is 0 Å². The lowest BCUT2D eigenvalue weighted by molar-refractivity contribution is -0.138. The number of nitrogens with one attached hydrogen (secondary N) is 1. The summed E-state index contributed by atoms with van der Waals surface area (Å²) >= 11 is 0. The monoisotopic (exact) mass is 290 g/mol. The number of hydrogen-bond acceptors (Lipinski definition) is 2. The van der Waals surface area contributed by atoms with Gasteiger partial charge in [0.1, 0.15) is 0 Å². The molecule has 0 radical (unpaired) electrons. The van der Waals surface area contributed by atoms with Crippen molar-refractivity contribution in [2.24, 2.45) is 0 Å². The highest BCUT2D eigenvalue weighted by molar-refractivity contribution is 5.76. The number of rotatable bonds is 5. The van der Waals surface area contributed by atoms with Gasteiger partial charge in [0.15, 0.2) is 0 Å². The molecule has 114 valence electrons. The topological polar surface area (TPSA) is 69.6 Å². The van der Waals surface area contributed by atoms with Gasteiger partial charge in [-0.1, -0.05) is 43.2 Å². The SMILES string of the molecule is CN(Cc1ccccc1)C(=O)NC1(CC(=O)O)CCCC1. The Labute approximate surface area is 125 Å².